The first-order valence-corrected chi connectivity index (χ1v) is 6.34. The lowest BCUT2D eigenvalue weighted by Gasteiger charge is -2.30. The van der Waals surface area contributed by atoms with Crippen molar-refractivity contribution in [3.63, 3.8) is 0 Å². The molecule has 1 aliphatic heterocycles. The number of rotatable bonds is 3. The van der Waals surface area contributed by atoms with Crippen molar-refractivity contribution in [3.05, 3.63) is 35.9 Å². The van der Waals surface area contributed by atoms with Crippen molar-refractivity contribution in [3.8, 4) is 0 Å². The normalized spacial score (nSPS) is 27.7. The molecule has 0 radical (unpaired) electrons. The molecule has 0 aliphatic carbocycles. The number of benzene rings is 1. The Morgan fingerprint density at radius 2 is 2.00 bits per heavy atom. The maximum atomic E-state index is 13.2. The molecule has 2 rings (SSSR count). The number of likely N-dealkylation sites (tertiary alicyclic amines) is 1. The maximum absolute atomic E-state index is 13.2. The van der Waals surface area contributed by atoms with Crippen LogP contribution >= 0.6 is 0 Å². The summed E-state index contributed by atoms with van der Waals surface area (Å²) in [6.45, 7) is 1.31. The van der Waals surface area contributed by atoms with Crippen LogP contribution in [-0.2, 0) is 11.3 Å². The van der Waals surface area contributed by atoms with Crippen LogP contribution in [0.1, 0.15) is 12.5 Å². The minimum atomic E-state index is -4.75. The molecule has 1 saturated heterocycles. The van der Waals surface area contributed by atoms with Gasteiger partial charge in [0.25, 0.3) is 0 Å². The Morgan fingerprint density at radius 3 is 2.45 bits per heavy atom. The van der Waals surface area contributed by atoms with E-state index in [9.17, 15) is 18.0 Å². The van der Waals surface area contributed by atoms with Crippen molar-refractivity contribution in [1.29, 1.82) is 0 Å². The van der Waals surface area contributed by atoms with Gasteiger partial charge in [-0.15, -0.1) is 0 Å². The molecule has 1 aromatic rings. The summed E-state index contributed by atoms with van der Waals surface area (Å²) in [6, 6.07) is 9.08. The zero-order valence-corrected chi connectivity index (χ0v) is 11.0. The van der Waals surface area contributed by atoms with Gasteiger partial charge in [0.2, 0.25) is 0 Å². The highest BCUT2D eigenvalue weighted by atomic mass is 19.4. The zero-order chi connectivity index (χ0) is 15.0. The summed E-state index contributed by atoms with van der Waals surface area (Å²) in [6.07, 6.45) is -4.75. The van der Waals surface area contributed by atoms with Crippen molar-refractivity contribution in [2.75, 3.05) is 13.1 Å². The molecule has 2 atom stereocenters. The fourth-order valence-corrected chi connectivity index (χ4v) is 2.85. The van der Waals surface area contributed by atoms with Gasteiger partial charge in [-0.1, -0.05) is 37.3 Å². The third kappa shape index (κ3) is 2.40. The van der Waals surface area contributed by atoms with Gasteiger partial charge in [-0.3, -0.25) is 9.69 Å². The number of aliphatic carboxylic acids is 1. The lowest BCUT2D eigenvalue weighted by Crippen LogP contribution is -2.50. The smallest absolute Gasteiger partial charge is 0.406 e. The second-order valence-corrected chi connectivity index (χ2v) is 5.33. The molecular weight excluding hydrogens is 271 g/mol. The highest BCUT2D eigenvalue weighted by Crippen LogP contribution is 2.49. The van der Waals surface area contributed by atoms with Gasteiger partial charge in [-0.2, -0.15) is 13.2 Å². The van der Waals surface area contributed by atoms with E-state index < -0.39 is 30.0 Å². The van der Waals surface area contributed by atoms with Crippen LogP contribution in [0, 0.1) is 11.3 Å². The van der Waals surface area contributed by atoms with Gasteiger partial charge in [0, 0.05) is 19.6 Å². The minimum absolute atomic E-state index is 0.126. The fraction of sp³-hybridized carbons (Fsp3) is 0.500. The molecule has 6 heteroatoms. The SMILES string of the molecule is C[C@@H]1CN(Cc2ccccc2)C[C@]1(C(=O)O)C(F)(F)F. The largest absolute Gasteiger partial charge is 0.481 e. The number of halogens is 3. The van der Waals surface area contributed by atoms with E-state index in [2.05, 4.69) is 0 Å². The average molecular weight is 287 g/mol. The predicted octanol–water partition coefficient (Wildman–Crippen LogP) is 2.77. The van der Waals surface area contributed by atoms with Crippen molar-refractivity contribution < 1.29 is 23.1 Å². The molecule has 0 unspecified atom stereocenters. The van der Waals surface area contributed by atoms with E-state index >= 15 is 0 Å². The van der Waals surface area contributed by atoms with E-state index in [1.165, 1.54) is 6.92 Å². The van der Waals surface area contributed by atoms with Gasteiger partial charge >= 0.3 is 12.1 Å². The third-order valence-electron chi connectivity index (χ3n) is 3.98. The molecule has 0 saturated carbocycles. The molecule has 1 aliphatic rings. The molecule has 0 bridgehead atoms. The predicted molar refractivity (Wildman–Crippen MR) is 67.0 cm³/mol. The van der Waals surface area contributed by atoms with Crippen molar-refractivity contribution in [2.24, 2.45) is 11.3 Å². The van der Waals surface area contributed by atoms with Crippen LogP contribution in [0.2, 0.25) is 0 Å². The summed E-state index contributed by atoms with van der Waals surface area (Å²) in [5.41, 5.74) is -1.79. The van der Waals surface area contributed by atoms with Crippen LogP contribution in [0.5, 0.6) is 0 Å². The summed E-state index contributed by atoms with van der Waals surface area (Å²) in [7, 11) is 0. The molecule has 0 aromatic heterocycles. The molecule has 1 fully saturated rings. The summed E-state index contributed by atoms with van der Waals surface area (Å²) >= 11 is 0. The summed E-state index contributed by atoms with van der Waals surface area (Å²) < 4.78 is 39.7. The van der Waals surface area contributed by atoms with E-state index in [4.69, 9.17) is 5.11 Å². The molecule has 1 heterocycles. The highest BCUT2D eigenvalue weighted by molar-refractivity contribution is 5.77. The summed E-state index contributed by atoms with van der Waals surface area (Å²) in [4.78, 5) is 12.8. The number of hydrogen-bond acceptors (Lipinski definition) is 2. The molecule has 3 nitrogen and oxygen atoms in total. The first kappa shape index (κ1) is 14.8. The monoisotopic (exact) mass is 287 g/mol. The summed E-state index contributed by atoms with van der Waals surface area (Å²) in [5, 5.41) is 9.11. The number of carboxylic acid groups (broad SMARTS) is 1. The lowest BCUT2D eigenvalue weighted by atomic mass is 9.78. The fourth-order valence-electron chi connectivity index (χ4n) is 2.85. The van der Waals surface area contributed by atoms with E-state index in [0.29, 0.717) is 6.54 Å². The maximum Gasteiger partial charge on any atom is 0.406 e. The molecular formula is C14H16F3NO2. The molecule has 0 amide bonds. The Kier molecular flexibility index (Phi) is 3.77. The third-order valence-corrected chi connectivity index (χ3v) is 3.98. The van der Waals surface area contributed by atoms with Crippen molar-refractivity contribution in [1.82, 2.24) is 4.90 Å². The van der Waals surface area contributed by atoms with E-state index in [0.717, 1.165) is 5.56 Å². The first-order valence-electron chi connectivity index (χ1n) is 6.34. The molecule has 110 valence electrons. The van der Waals surface area contributed by atoms with Crippen LogP contribution in [0.25, 0.3) is 0 Å². The van der Waals surface area contributed by atoms with E-state index in [1.54, 1.807) is 4.90 Å². The van der Waals surface area contributed by atoms with Gasteiger partial charge in [-0.05, 0) is 11.5 Å². The number of nitrogens with zero attached hydrogens (tertiary/aromatic N) is 1. The van der Waals surface area contributed by atoms with Crippen molar-refractivity contribution >= 4 is 5.97 Å². The molecule has 0 spiro atoms. The molecule has 1 N–H and O–H groups in total. The van der Waals surface area contributed by atoms with Gasteiger partial charge in [0.15, 0.2) is 5.41 Å². The Balaban J connectivity index is 2.21. The second kappa shape index (κ2) is 5.09. The Bertz CT molecular complexity index is 489. The quantitative estimate of drug-likeness (QED) is 0.929. The van der Waals surface area contributed by atoms with E-state index in [-0.39, 0.29) is 6.54 Å². The van der Waals surface area contributed by atoms with Gasteiger partial charge in [-0.25, -0.2) is 0 Å². The minimum Gasteiger partial charge on any atom is -0.481 e. The van der Waals surface area contributed by atoms with Crippen LogP contribution in [0.15, 0.2) is 30.3 Å². The number of alkyl halides is 3. The Morgan fingerprint density at radius 1 is 1.40 bits per heavy atom. The van der Waals surface area contributed by atoms with Crippen LogP contribution in [-0.4, -0.2) is 35.2 Å². The standard InChI is InChI=1S/C14H16F3NO2/c1-10-7-18(8-11-5-3-2-4-6-11)9-13(10,12(19)20)14(15,16)17/h2-6,10H,7-9H2,1H3,(H,19,20)/t10-,13+/m1/s1. The zero-order valence-electron chi connectivity index (χ0n) is 11.0. The number of carbonyl (C=O) groups is 1. The molecule has 20 heavy (non-hydrogen) atoms. The Labute approximate surface area is 115 Å². The second-order valence-electron chi connectivity index (χ2n) is 5.33. The van der Waals surface area contributed by atoms with Gasteiger partial charge < -0.3 is 5.11 Å². The number of hydrogen-bond donors (Lipinski definition) is 1. The van der Waals surface area contributed by atoms with Gasteiger partial charge in [0.1, 0.15) is 0 Å². The average Bonchev–Trinajstić information content (AvgIpc) is 2.67. The van der Waals surface area contributed by atoms with Crippen molar-refractivity contribution in [2.45, 2.75) is 19.6 Å². The number of carboxylic acids is 1. The Hall–Kier alpha value is -1.56. The topological polar surface area (TPSA) is 40.5 Å². The van der Waals surface area contributed by atoms with Crippen LogP contribution in [0.4, 0.5) is 13.2 Å². The van der Waals surface area contributed by atoms with Crippen LogP contribution in [0.3, 0.4) is 0 Å². The lowest BCUT2D eigenvalue weighted by molar-refractivity contribution is -0.236. The van der Waals surface area contributed by atoms with Gasteiger partial charge in [0.05, 0.1) is 0 Å². The molecule has 1 aromatic carbocycles. The first-order chi connectivity index (χ1) is 9.27. The summed E-state index contributed by atoms with van der Waals surface area (Å²) in [5.74, 6) is -2.75. The van der Waals surface area contributed by atoms with Crippen LogP contribution < -0.4 is 0 Å². The highest BCUT2D eigenvalue weighted by Gasteiger charge is 2.67. The van der Waals surface area contributed by atoms with E-state index in [1.807, 2.05) is 30.3 Å².